The Morgan fingerprint density at radius 2 is 1.75 bits per heavy atom. The van der Waals surface area contributed by atoms with Gasteiger partial charge in [0.05, 0.1) is 11.3 Å². The third-order valence-electron chi connectivity index (χ3n) is 5.65. The fourth-order valence-electron chi connectivity index (χ4n) is 4.09. The van der Waals surface area contributed by atoms with Crippen molar-refractivity contribution in [3.8, 4) is 11.1 Å². The lowest BCUT2D eigenvalue weighted by Crippen LogP contribution is -2.37. The van der Waals surface area contributed by atoms with Crippen molar-refractivity contribution in [2.24, 2.45) is 5.92 Å². The molecular weight excluding hydrogens is 424 g/mol. The van der Waals surface area contributed by atoms with Crippen molar-refractivity contribution in [2.75, 3.05) is 16.9 Å². The lowest BCUT2D eigenvalue weighted by molar-refractivity contribution is -0.123. The quantitative estimate of drug-likeness (QED) is 0.522. The van der Waals surface area contributed by atoms with Crippen LogP contribution in [-0.4, -0.2) is 28.0 Å². The zero-order valence-electron chi connectivity index (χ0n) is 17.3. The Hall–Kier alpha value is -3.78. The van der Waals surface area contributed by atoms with Crippen molar-refractivity contribution in [3.63, 3.8) is 0 Å². The molecule has 2 amide bonds. The molecule has 4 aromatic rings. The van der Waals surface area contributed by atoms with E-state index in [9.17, 15) is 14.4 Å². The smallest absolute Gasteiger partial charge is 0.281 e. The number of aryl methyl sites for hydroxylation is 1. The highest BCUT2D eigenvalue weighted by Gasteiger charge is 2.35. The summed E-state index contributed by atoms with van der Waals surface area (Å²) < 4.78 is 1.12. The first-order valence-corrected chi connectivity index (χ1v) is 11.1. The molecule has 1 unspecified atom stereocenters. The molecule has 1 N–H and O–H groups in total. The summed E-state index contributed by atoms with van der Waals surface area (Å²) >= 11 is 1.45. The summed E-state index contributed by atoms with van der Waals surface area (Å²) in [6, 6.07) is 18.9. The summed E-state index contributed by atoms with van der Waals surface area (Å²) in [5.74, 6) is -1.05. The molecule has 0 saturated carbocycles. The van der Waals surface area contributed by atoms with Gasteiger partial charge in [0.1, 0.15) is 11.2 Å². The molecule has 2 aromatic heterocycles. The molecule has 7 nitrogen and oxygen atoms in total. The van der Waals surface area contributed by atoms with Crippen molar-refractivity contribution < 1.29 is 9.59 Å². The van der Waals surface area contributed by atoms with Crippen LogP contribution in [0.2, 0.25) is 0 Å². The van der Waals surface area contributed by atoms with Gasteiger partial charge in [-0.15, -0.1) is 11.3 Å². The van der Waals surface area contributed by atoms with Gasteiger partial charge in [-0.25, -0.2) is 9.66 Å². The fourth-order valence-corrected chi connectivity index (χ4v) is 5.09. The highest BCUT2D eigenvalue weighted by Crippen LogP contribution is 2.35. The molecule has 0 bridgehead atoms. The Kier molecular flexibility index (Phi) is 5.07. The minimum Gasteiger partial charge on any atom is -0.312 e. The number of anilines is 1. The standard InChI is InChI=1S/C24H20N4O3S/c1-15-20(16-8-4-2-5-9-16)21-23(32-15)25-14-28(24(21)31)26-22(30)17-12-19(29)27(13-17)18-10-6-3-7-11-18/h2-11,14,17H,12-13H2,1H3,(H,26,30). The van der Waals surface area contributed by atoms with Crippen LogP contribution in [0.15, 0.2) is 71.8 Å². The van der Waals surface area contributed by atoms with Crippen LogP contribution in [0.1, 0.15) is 11.3 Å². The number of nitrogens with zero attached hydrogens (tertiary/aromatic N) is 3. The highest BCUT2D eigenvalue weighted by atomic mass is 32.1. The molecule has 0 radical (unpaired) electrons. The number of fused-ring (bicyclic) bond motifs is 1. The van der Waals surface area contributed by atoms with Gasteiger partial charge >= 0.3 is 0 Å². The van der Waals surface area contributed by atoms with Gasteiger partial charge in [0.25, 0.3) is 5.56 Å². The number of thiophene rings is 1. The third kappa shape index (κ3) is 3.48. The number of para-hydroxylation sites is 1. The second-order valence-electron chi connectivity index (χ2n) is 7.72. The second kappa shape index (κ2) is 8.05. The van der Waals surface area contributed by atoms with Crippen molar-refractivity contribution in [2.45, 2.75) is 13.3 Å². The highest BCUT2D eigenvalue weighted by molar-refractivity contribution is 7.19. The molecule has 32 heavy (non-hydrogen) atoms. The average Bonchev–Trinajstić information content (AvgIpc) is 3.37. The van der Waals surface area contributed by atoms with E-state index < -0.39 is 5.92 Å². The summed E-state index contributed by atoms with van der Waals surface area (Å²) in [4.78, 5) is 46.2. The SMILES string of the molecule is Cc1sc2ncn(NC(=O)C3CC(=O)N(c4ccccc4)C3)c(=O)c2c1-c1ccccc1. The first-order chi connectivity index (χ1) is 15.5. The number of amides is 2. The molecular formula is C24H20N4O3S. The normalized spacial score (nSPS) is 16.0. The first kappa shape index (κ1) is 20.1. The predicted molar refractivity (Wildman–Crippen MR) is 125 cm³/mol. The molecule has 3 heterocycles. The van der Waals surface area contributed by atoms with E-state index in [4.69, 9.17) is 0 Å². The number of carbonyl (C=O) groups excluding carboxylic acids is 2. The second-order valence-corrected chi connectivity index (χ2v) is 8.92. The number of nitrogens with one attached hydrogen (secondary N) is 1. The Morgan fingerprint density at radius 3 is 2.47 bits per heavy atom. The zero-order chi connectivity index (χ0) is 22.2. The number of aromatic nitrogens is 2. The van der Waals surface area contributed by atoms with E-state index in [1.165, 1.54) is 17.7 Å². The topological polar surface area (TPSA) is 84.3 Å². The van der Waals surface area contributed by atoms with Crippen LogP contribution in [0, 0.1) is 12.8 Å². The fraction of sp³-hybridized carbons (Fsp3) is 0.167. The number of carbonyl (C=O) groups is 2. The van der Waals surface area contributed by atoms with Crippen molar-refractivity contribution in [3.05, 3.63) is 82.2 Å². The minimum atomic E-state index is -0.553. The minimum absolute atomic E-state index is 0.0952. The van der Waals surface area contributed by atoms with Crippen LogP contribution in [0.3, 0.4) is 0 Å². The van der Waals surface area contributed by atoms with Crippen molar-refractivity contribution in [1.82, 2.24) is 9.66 Å². The molecule has 0 aliphatic carbocycles. The molecule has 1 aliphatic rings. The molecule has 1 aliphatic heterocycles. The van der Waals surface area contributed by atoms with Gasteiger partial charge in [-0.3, -0.25) is 19.8 Å². The van der Waals surface area contributed by atoms with Gasteiger partial charge in [-0.1, -0.05) is 48.5 Å². The van der Waals surface area contributed by atoms with Crippen molar-refractivity contribution >= 4 is 39.1 Å². The molecule has 160 valence electrons. The lowest BCUT2D eigenvalue weighted by Gasteiger charge is -2.16. The number of hydrogen-bond acceptors (Lipinski definition) is 5. The summed E-state index contributed by atoms with van der Waals surface area (Å²) in [5, 5.41) is 0.481. The molecule has 1 atom stereocenters. The van der Waals surface area contributed by atoms with E-state index in [2.05, 4.69) is 10.4 Å². The number of rotatable bonds is 4. The first-order valence-electron chi connectivity index (χ1n) is 10.3. The molecule has 1 fully saturated rings. The summed E-state index contributed by atoms with van der Waals surface area (Å²) in [6.45, 7) is 2.23. The van der Waals surface area contributed by atoms with Crippen molar-refractivity contribution in [1.29, 1.82) is 0 Å². The molecule has 1 saturated heterocycles. The Balaban J connectivity index is 1.44. The van der Waals surface area contributed by atoms with Crippen LogP contribution in [0.4, 0.5) is 5.69 Å². The Morgan fingerprint density at radius 1 is 1.06 bits per heavy atom. The van der Waals surface area contributed by atoms with Gasteiger partial charge in [0.2, 0.25) is 11.8 Å². The monoisotopic (exact) mass is 444 g/mol. The van der Waals surface area contributed by atoms with E-state index in [1.807, 2.05) is 67.6 Å². The summed E-state index contributed by atoms with van der Waals surface area (Å²) in [6.07, 6.45) is 1.43. The largest absolute Gasteiger partial charge is 0.312 e. The molecule has 8 heteroatoms. The molecule has 0 spiro atoms. The Labute approximate surface area is 187 Å². The van der Waals surface area contributed by atoms with Crippen LogP contribution < -0.4 is 15.9 Å². The van der Waals surface area contributed by atoms with Crippen LogP contribution in [-0.2, 0) is 9.59 Å². The molecule has 5 rings (SSSR count). The van der Waals surface area contributed by atoms with E-state index in [1.54, 1.807) is 4.90 Å². The lowest BCUT2D eigenvalue weighted by atomic mass is 10.0. The predicted octanol–water partition coefficient (Wildman–Crippen LogP) is 3.56. The average molecular weight is 445 g/mol. The van der Waals surface area contributed by atoms with E-state index >= 15 is 0 Å². The Bertz CT molecular complexity index is 1380. The van der Waals surface area contributed by atoms with E-state index in [0.717, 1.165) is 26.4 Å². The van der Waals surface area contributed by atoms with E-state index in [-0.39, 0.29) is 30.3 Å². The third-order valence-corrected chi connectivity index (χ3v) is 6.66. The van der Waals surface area contributed by atoms with E-state index in [0.29, 0.717) is 10.2 Å². The van der Waals surface area contributed by atoms with Gasteiger partial charge in [0, 0.05) is 29.1 Å². The summed E-state index contributed by atoms with van der Waals surface area (Å²) in [5.41, 5.74) is 4.84. The molecule has 2 aromatic carbocycles. The van der Waals surface area contributed by atoms with Crippen LogP contribution in [0.5, 0.6) is 0 Å². The number of hydrogen-bond donors (Lipinski definition) is 1. The zero-order valence-corrected chi connectivity index (χ0v) is 18.1. The van der Waals surface area contributed by atoms with Crippen LogP contribution in [0.25, 0.3) is 21.3 Å². The summed E-state index contributed by atoms with van der Waals surface area (Å²) in [7, 11) is 0. The maximum absolute atomic E-state index is 13.3. The van der Waals surface area contributed by atoms with Gasteiger partial charge in [0.15, 0.2) is 0 Å². The van der Waals surface area contributed by atoms with Gasteiger partial charge < -0.3 is 4.90 Å². The maximum Gasteiger partial charge on any atom is 0.281 e. The van der Waals surface area contributed by atoms with Gasteiger partial charge in [-0.2, -0.15) is 0 Å². The van der Waals surface area contributed by atoms with Crippen LogP contribution >= 0.6 is 11.3 Å². The number of benzene rings is 2. The van der Waals surface area contributed by atoms with Gasteiger partial charge in [-0.05, 0) is 24.6 Å². The maximum atomic E-state index is 13.3.